The van der Waals surface area contributed by atoms with Crippen molar-refractivity contribution in [3.63, 3.8) is 0 Å². The van der Waals surface area contributed by atoms with Crippen molar-refractivity contribution in [3.05, 3.63) is 58.5 Å². The number of rotatable bonds is 2. The Kier molecular flexibility index (Phi) is 2.65. The average Bonchev–Trinajstić information content (AvgIpc) is 2.79. The molecular weight excluding hydrogens is 200 g/mol. The standard InChI is InChI=1S/C14H14O2/c1-9-6-7-12(11(3)10(9)2)14(15)13-5-4-8-16-13/h4-8H,1-3H3. The van der Waals surface area contributed by atoms with E-state index in [2.05, 4.69) is 0 Å². The monoisotopic (exact) mass is 214 g/mol. The molecule has 0 N–H and O–H groups in total. The number of hydrogen-bond acceptors (Lipinski definition) is 2. The van der Waals surface area contributed by atoms with E-state index in [4.69, 9.17) is 4.42 Å². The molecule has 16 heavy (non-hydrogen) atoms. The highest BCUT2D eigenvalue weighted by molar-refractivity contribution is 6.08. The Bertz CT molecular complexity index is 522. The maximum atomic E-state index is 12.1. The van der Waals surface area contributed by atoms with E-state index in [-0.39, 0.29) is 5.78 Å². The molecule has 0 aliphatic heterocycles. The van der Waals surface area contributed by atoms with Crippen molar-refractivity contribution in [2.75, 3.05) is 0 Å². The number of carbonyl (C=O) groups is 1. The molecule has 82 valence electrons. The van der Waals surface area contributed by atoms with Crippen molar-refractivity contribution in [1.29, 1.82) is 0 Å². The molecule has 0 radical (unpaired) electrons. The van der Waals surface area contributed by atoms with E-state index in [9.17, 15) is 4.79 Å². The molecule has 0 atom stereocenters. The summed E-state index contributed by atoms with van der Waals surface area (Å²) < 4.78 is 5.13. The first-order valence-electron chi connectivity index (χ1n) is 5.26. The zero-order valence-corrected chi connectivity index (χ0v) is 9.70. The predicted molar refractivity (Wildman–Crippen MR) is 62.8 cm³/mol. The van der Waals surface area contributed by atoms with Crippen molar-refractivity contribution in [2.24, 2.45) is 0 Å². The van der Waals surface area contributed by atoms with Crippen molar-refractivity contribution in [1.82, 2.24) is 0 Å². The van der Waals surface area contributed by atoms with Gasteiger partial charge in [-0.2, -0.15) is 0 Å². The van der Waals surface area contributed by atoms with Gasteiger partial charge < -0.3 is 4.42 Å². The van der Waals surface area contributed by atoms with E-state index in [1.807, 2.05) is 32.9 Å². The third kappa shape index (κ3) is 1.67. The lowest BCUT2D eigenvalue weighted by atomic mass is 9.96. The van der Waals surface area contributed by atoms with E-state index < -0.39 is 0 Å². The summed E-state index contributed by atoms with van der Waals surface area (Å²) in [6, 6.07) is 7.25. The Labute approximate surface area is 94.9 Å². The van der Waals surface area contributed by atoms with Gasteiger partial charge in [-0.1, -0.05) is 12.1 Å². The van der Waals surface area contributed by atoms with Gasteiger partial charge >= 0.3 is 0 Å². The van der Waals surface area contributed by atoms with Crippen molar-refractivity contribution < 1.29 is 9.21 Å². The van der Waals surface area contributed by atoms with Gasteiger partial charge in [-0.3, -0.25) is 4.79 Å². The lowest BCUT2D eigenvalue weighted by molar-refractivity contribution is 0.101. The van der Waals surface area contributed by atoms with Crippen LogP contribution < -0.4 is 0 Å². The lowest BCUT2D eigenvalue weighted by Gasteiger charge is -2.08. The minimum Gasteiger partial charge on any atom is -0.461 e. The average molecular weight is 214 g/mol. The normalized spacial score (nSPS) is 10.4. The van der Waals surface area contributed by atoms with E-state index in [0.29, 0.717) is 5.76 Å². The molecule has 0 aliphatic rings. The zero-order valence-electron chi connectivity index (χ0n) is 9.70. The van der Waals surface area contributed by atoms with Crippen LogP contribution in [0.5, 0.6) is 0 Å². The highest BCUT2D eigenvalue weighted by Gasteiger charge is 2.15. The fourth-order valence-corrected chi connectivity index (χ4v) is 1.74. The maximum absolute atomic E-state index is 12.1. The number of hydrogen-bond donors (Lipinski definition) is 0. The number of ketones is 1. The second kappa shape index (κ2) is 3.97. The summed E-state index contributed by atoms with van der Waals surface area (Å²) in [6.07, 6.45) is 1.52. The highest BCUT2D eigenvalue weighted by atomic mass is 16.3. The van der Waals surface area contributed by atoms with Crippen LogP contribution in [0.15, 0.2) is 34.9 Å². The molecule has 0 saturated carbocycles. The van der Waals surface area contributed by atoms with Crippen LogP contribution in [0.1, 0.15) is 32.8 Å². The van der Waals surface area contributed by atoms with E-state index in [1.54, 1.807) is 12.1 Å². The molecule has 0 amide bonds. The second-order valence-electron chi connectivity index (χ2n) is 3.99. The van der Waals surface area contributed by atoms with Gasteiger partial charge in [-0.25, -0.2) is 0 Å². The molecule has 0 bridgehead atoms. The molecule has 0 aliphatic carbocycles. The predicted octanol–water partition coefficient (Wildman–Crippen LogP) is 3.44. The molecule has 1 aromatic heterocycles. The van der Waals surface area contributed by atoms with Crippen LogP contribution in [0, 0.1) is 20.8 Å². The van der Waals surface area contributed by atoms with E-state index >= 15 is 0 Å². The van der Waals surface area contributed by atoms with E-state index in [1.165, 1.54) is 11.8 Å². The first-order chi connectivity index (χ1) is 7.61. The zero-order chi connectivity index (χ0) is 11.7. The summed E-state index contributed by atoms with van der Waals surface area (Å²) in [5, 5.41) is 0. The molecule has 2 heteroatoms. The number of furan rings is 1. The summed E-state index contributed by atoms with van der Waals surface area (Å²) in [7, 11) is 0. The maximum Gasteiger partial charge on any atom is 0.228 e. The molecule has 2 rings (SSSR count). The summed E-state index contributed by atoms with van der Waals surface area (Å²) in [5.74, 6) is 0.344. The number of aryl methyl sites for hydroxylation is 1. The van der Waals surface area contributed by atoms with Crippen LogP contribution in [0.2, 0.25) is 0 Å². The molecule has 0 spiro atoms. The van der Waals surface area contributed by atoms with Crippen molar-refractivity contribution in [2.45, 2.75) is 20.8 Å². The molecule has 1 aromatic carbocycles. The topological polar surface area (TPSA) is 30.2 Å². The third-order valence-electron chi connectivity index (χ3n) is 3.05. The Morgan fingerprint density at radius 2 is 1.81 bits per heavy atom. The Morgan fingerprint density at radius 1 is 1.06 bits per heavy atom. The molecule has 1 heterocycles. The SMILES string of the molecule is Cc1ccc(C(=O)c2ccco2)c(C)c1C. The largest absolute Gasteiger partial charge is 0.461 e. The summed E-state index contributed by atoms with van der Waals surface area (Å²) >= 11 is 0. The van der Waals surface area contributed by atoms with Gasteiger partial charge in [0.1, 0.15) is 0 Å². The van der Waals surface area contributed by atoms with Crippen molar-refractivity contribution in [3.8, 4) is 0 Å². The molecule has 2 aromatic rings. The summed E-state index contributed by atoms with van der Waals surface area (Å²) in [6.45, 7) is 6.05. The van der Waals surface area contributed by atoms with Gasteiger partial charge in [-0.15, -0.1) is 0 Å². The van der Waals surface area contributed by atoms with Gasteiger partial charge in [0.2, 0.25) is 5.78 Å². The Balaban J connectivity index is 2.50. The van der Waals surface area contributed by atoms with E-state index in [0.717, 1.165) is 16.7 Å². The van der Waals surface area contributed by atoms with Crippen LogP contribution in [-0.4, -0.2) is 5.78 Å². The number of benzene rings is 1. The lowest BCUT2D eigenvalue weighted by Crippen LogP contribution is -2.04. The first kappa shape index (κ1) is 10.7. The van der Waals surface area contributed by atoms with Gasteiger partial charge in [0.15, 0.2) is 5.76 Å². The van der Waals surface area contributed by atoms with Crippen LogP contribution in [0.3, 0.4) is 0 Å². The van der Waals surface area contributed by atoms with Crippen LogP contribution in [0.25, 0.3) is 0 Å². The summed E-state index contributed by atoms with van der Waals surface area (Å²) in [4.78, 5) is 12.1. The second-order valence-corrected chi connectivity index (χ2v) is 3.99. The Morgan fingerprint density at radius 3 is 2.44 bits per heavy atom. The third-order valence-corrected chi connectivity index (χ3v) is 3.05. The van der Waals surface area contributed by atoms with Gasteiger partial charge in [-0.05, 0) is 49.6 Å². The van der Waals surface area contributed by atoms with Crippen LogP contribution in [-0.2, 0) is 0 Å². The summed E-state index contributed by atoms with van der Waals surface area (Å²) in [5.41, 5.74) is 4.12. The van der Waals surface area contributed by atoms with Crippen molar-refractivity contribution >= 4 is 5.78 Å². The molecule has 2 nitrogen and oxygen atoms in total. The first-order valence-corrected chi connectivity index (χ1v) is 5.26. The fraction of sp³-hybridized carbons (Fsp3) is 0.214. The minimum absolute atomic E-state index is 0.0504. The van der Waals surface area contributed by atoms with Gasteiger partial charge in [0.05, 0.1) is 6.26 Å². The molecule has 0 saturated heterocycles. The van der Waals surface area contributed by atoms with Crippen LogP contribution >= 0.6 is 0 Å². The quantitative estimate of drug-likeness (QED) is 0.717. The smallest absolute Gasteiger partial charge is 0.228 e. The minimum atomic E-state index is -0.0504. The van der Waals surface area contributed by atoms with Gasteiger partial charge in [0, 0.05) is 5.56 Å². The molecular formula is C14H14O2. The fourth-order valence-electron chi connectivity index (χ4n) is 1.74. The molecule has 0 unspecified atom stereocenters. The highest BCUT2D eigenvalue weighted by Crippen LogP contribution is 2.20. The van der Waals surface area contributed by atoms with Crippen LogP contribution in [0.4, 0.5) is 0 Å². The molecule has 0 fully saturated rings. The Hall–Kier alpha value is -1.83. The van der Waals surface area contributed by atoms with Gasteiger partial charge in [0.25, 0.3) is 0 Å². The number of carbonyl (C=O) groups excluding carboxylic acids is 1.